The highest BCUT2D eigenvalue weighted by molar-refractivity contribution is 5.78. The maximum absolute atomic E-state index is 12.5. The van der Waals surface area contributed by atoms with Gasteiger partial charge >= 0.3 is 0 Å². The molecule has 0 aliphatic carbocycles. The van der Waals surface area contributed by atoms with E-state index in [-0.39, 0.29) is 18.0 Å². The Morgan fingerprint density at radius 1 is 1.15 bits per heavy atom. The summed E-state index contributed by atoms with van der Waals surface area (Å²) in [5.41, 5.74) is 0. The predicted octanol–water partition coefficient (Wildman–Crippen LogP) is 1.95. The molecule has 0 unspecified atom stereocenters. The fraction of sp³-hybridized carbons (Fsp3) is 0.938. The van der Waals surface area contributed by atoms with Crippen LogP contribution in [0.2, 0.25) is 0 Å². The van der Waals surface area contributed by atoms with Gasteiger partial charge in [-0.25, -0.2) is 0 Å². The molecule has 1 rings (SSSR count). The summed E-state index contributed by atoms with van der Waals surface area (Å²) >= 11 is 0. The molecular formula is C16H33N3O. The minimum atomic E-state index is 0.269. The van der Waals surface area contributed by atoms with Gasteiger partial charge in [0.05, 0.1) is 6.54 Å². The summed E-state index contributed by atoms with van der Waals surface area (Å²) in [6.07, 6.45) is 2.48. The van der Waals surface area contributed by atoms with E-state index in [4.69, 9.17) is 0 Å². The molecule has 118 valence electrons. The smallest absolute Gasteiger partial charge is 0.237 e. The second-order valence-electron chi connectivity index (χ2n) is 6.51. The largest absolute Gasteiger partial charge is 0.337 e. The number of piperidine rings is 1. The van der Waals surface area contributed by atoms with Crippen molar-refractivity contribution in [1.82, 2.24) is 15.1 Å². The molecule has 0 radical (unpaired) electrons. The maximum Gasteiger partial charge on any atom is 0.237 e. The molecule has 1 fully saturated rings. The van der Waals surface area contributed by atoms with E-state index < -0.39 is 0 Å². The van der Waals surface area contributed by atoms with Crippen molar-refractivity contribution in [2.45, 2.75) is 59.5 Å². The van der Waals surface area contributed by atoms with Crippen LogP contribution >= 0.6 is 0 Å². The van der Waals surface area contributed by atoms with E-state index in [1.165, 1.54) is 12.8 Å². The lowest BCUT2D eigenvalue weighted by Crippen LogP contribution is -2.48. The Morgan fingerprint density at radius 3 is 2.15 bits per heavy atom. The van der Waals surface area contributed by atoms with E-state index >= 15 is 0 Å². The molecule has 1 heterocycles. The van der Waals surface area contributed by atoms with Crippen molar-refractivity contribution in [3.63, 3.8) is 0 Å². The molecule has 20 heavy (non-hydrogen) atoms. The number of carbonyl (C=O) groups excluding carboxylic acids is 1. The van der Waals surface area contributed by atoms with E-state index in [1.54, 1.807) is 0 Å². The third kappa shape index (κ3) is 5.41. The highest BCUT2D eigenvalue weighted by Gasteiger charge is 2.23. The molecule has 0 atom stereocenters. The zero-order valence-electron chi connectivity index (χ0n) is 14.0. The molecule has 4 heteroatoms. The lowest BCUT2D eigenvalue weighted by Gasteiger charge is -2.34. The van der Waals surface area contributed by atoms with Crippen LogP contribution in [0.4, 0.5) is 0 Å². The van der Waals surface area contributed by atoms with Gasteiger partial charge in [-0.1, -0.05) is 6.92 Å². The van der Waals surface area contributed by atoms with Gasteiger partial charge in [-0.05, 0) is 66.1 Å². The number of amides is 1. The van der Waals surface area contributed by atoms with Crippen molar-refractivity contribution in [1.29, 1.82) is 0 Å². The third-order valence-corrected chi connectivity index (χ3v) is 4.18. The topological polar surface area (TPSA) is 35.6 Å². The fourth-order valence-electron chi connectivity index (χ4n) is 3.18. The van der Waals surface area contributed by atoms with Crippen LogP contribution in [-0.4, -0.2) is 60.5 Å². The Labute approximate surface area is 124 Å². The fourth-order valence-corrected chi connectivity index (χ4v) is 3.18. The normalized spacial score (nSPS) is 17.2. The second-order valence-corrected chi connectivity index (χ2v) is 6.51. The molecule has 0 aromatic carbocycles. The molecule has 1 aliphatic heterocycles. The predicted molar refractivity (Wildman–Crippen MR) is 84.8 cm³/mol. The van der Waals surface area contributed by atoms with E-state index in [1.807, 2.05) is 4.90 Å². The quantitative estimate of drug-likeness (QED) is 0.776. The van der Waals surface area contributed by atoms with Crippen molar-refractivity contribution >= 4 is 5.91 Å². The van der Waals surface area contributed by atoms with Crippen molar-refractivity contribution in [2.24, 2.45) is 5.92 Å². The molecular weight excluding hydrogens is 250 g/mol. The van der Waals surface area contributed by atoms with Gasteiger partial charge in [-0.15, -0.1) is 0 Å². The average Bonchev–Trinajstić information content (AvgIpc) is 2.38. The Morgan fingerprint density at radius 2 is 1.70 bits per heavy atom. The third-order valence-electron chi connectivity index (χ3n) is 4.18. The standard InChI is InChI=1S/C16H33N3O/c1-6-18(11-15-7-9-17-10-8-15)12-16(20)19(13(2)3)14(4)5/h13-15,17H,6-12H2,1-5H3. The van der Waals surface area contributed by atoms with Gasteiger partial charge in [0.15, 0.2) is 0 Å². The van der Waals surface area contributed by atoms with Crippen LogP contribution in [0.5, 0.6) is 0 Å². The Hall–Kier alpha value is -0.610. The number of carbonyl (C=O) groups is 1. The summed E-state index contributed by atoms with van der Waals surface area (Å²) < 4.78 is 0. The summed E-state index contributed by atoms with van der Waals surface area (Å²) in [4.78, 5) is 16.8. The van der Waals surface area contributed by atoms with Gasteiger partial charge in [-0.2, -0.15) is 0 Å². The van der Waals surface area contributed by atoms with Crippen LogP contribution in [0, 0.1) is 5.92 Å². The molecule has 1 N–H and O–H groups in total. The van der Waals surface area contributed by atoms with E-state index in [9.17, 15) is 4.79 Å². The molecule has 0 aromatic heterocycles. The summed E-state index contributed by atoms with van der Waals surface area (Å²) in [7, 11) is 0. The molecule has 1 amide bonds. The first-order valence-electron chi connectivity index (χ1n) is 8.19. The first-order valence-corrected chi connectivity index (χ1v) is 8.19. The first kappa shape index (κ1) is 17.4. The van der Waals surface area contributed by atoms with Crippen molar-refractivity contribution in [3.8, 4) is 0 Å². The van der Waals surface area contributed by atoms with Gasteiger partial charge in [0, 0.05) is 18.6 Å². The van der Waals surface area contributed by atoms with E-state index in [0.29, 0.717) is 6.54 Å². The maximum atomic E-state index is 12.5. The van der Waals surface area contributed by atoms with Gasteiger partial charge in [-0.3, -0.25) is 9.69 Å². The molecule has 0 spiro atoms. The van der Waals surface area contributed by atoms with Crippen LogP contribution in [0.1, 0.15) is 47.5 Å². The zero-order valence-corrected chi connectivity index (χ0v) is 14.0. The van der Waals surface area contributed by atoms with Gasteiger partial charge in [0.2, 0.25) is 5.91 Å². The van der Waals surface area contributed by atoms with Gasteiger partial charge in [0.1, 0.15) is 0 Å². The molecule has 1 saturated heterocycles. The van der Waals surface area contributed by atoms with Crippen molar-refractivity contribution in [3.05, 3.63) is 0 Å². The first-order chi connectivity index (χ1) is 9.45. The minimum Gasteiger partial charge on any atom is -0.337 e. The highest BCUT2D eigenvalue weighted by atomic mass is 16.2. The minimum absolute atomic E-state index is 0.269. The SMILES string of the molecule is CCN(CC(=O)N(C(C)C)C(C)C)CC1CCNCC1. The number of nitrogens with one attached hydrogen (secondary N) is 1. The van der Waals surface area contributed by atoms with Crippen molar-refractivity contribution in [2.75, 3.05) is 32.7 Å². The summed E-state index contributed by atoms with van der Waals surface area (Å²) in [5, 5.41) is 3.40. The van der Waals surface area contributed by atoms with E-state index in [0.717, 1.165) is 32.1 Å². The number of nitrogens with zero attached hydrogens (tertiary/aromatic N) is 2. The summed E-state index contributed by atoms with van der Waals surface area (Å²) in [6, 6.07) is 0.556. The average molecular weight is 283 g/mol. The number of likely N-dealkylation sites (N-methyl/N-ethyl adjacent to an activating group) is 1. The monoisotopic (exact) mass is 283 g/mol. The molecule has 0 saturated carbocycles. The Balaban J connectivity index is 2.51. The number of rotatable bonds is 7. The van der Waals surface area contributed by atoms with Crippen molar-refractivity contribution < 1.29 is 4.79 Å². The molecule has 1 aliphatic rings. The molecule has 0 bridgehead atoms. The van der Waals surface area contributed by atoms with Crippen LogP contribution in [0.15, 0.2) is 0 Å². The van der Waals surface area contributed by atoms with Crippen LogP contribution in [0.3, 0.4) is 0 Å². The van der Waals surface area contributed by atoms with Crippen LogP contribution < -0.4 is 5.32 Å². The lowest BCUT2D eigenvalue weighted by atomic mass is 9.97. The lowest BCUT2D eigenvalue weighted by molar-refractivity contribution is -0.136. The summed E-state index contributed by atoms with van der Waals surface area (Å²) in [6.45, 7) is 15.4. The summed E-state index contributed by atoms with van der Waals surface area (Å²) in [5.74, 6) is 1.02. The van der Waals surface area contributed by atoms with E-state index in [2.05, 4.69) is 44.8 Å². The molecule has 4 nitrogen and oxygen atoms in total. The molecule has 0 aromatic rings. The number of hydrogen-bond acceptors (Lipinski definition) is 3. The van der Waals surface area contributed by atoms with Gasteiger partial charge in [0.25, 0.3) is 0 Å². The Kier molecular flexibility index (Phi) is 7.52. The second kappa shape index (κ2) is 8.63. The Bertz CT molecular complexity index is 277. The highest BCUT2D eigenvalue weighted by Crippen LogP contribution is 2.14. The van der Waals surface area contributed by atoms with Crippen LogP contribution in [0.25, 0.3) is 0 Å². The zero-order chi connectivity index (χ0) is 15.1. The van der Waals surface area contributed by atoms with Crippen LogP contribution in [-0.2, 0) is 4.79 Å². The van der Waals surface area contributed by atoms with Gasteiger partial charge < -0.3 is 10.2 Å². The number of hydrogen-bond donors (Lipinski definition) is 1.